The number of nitrogens with one attached hydrogen (secondary N) is 1. The van der Waals surface area contributed by atoms with Gasteiger partial charge in [-0.1, -0.05) is 23.7 Å². The van der Waals surface area contributed by atoms with E-state index < -0.39 is 0 Å². The van der Waals surface area contributed by atoms with Crippen molar-refractivity contribution in [1.82, 2.24) is 5.32 Å². The topological polar surface area (TPSA) is 21.3 Å². The summed E-state index contributed by atoms with van der Waals surface area (Å²) in [6.07, 6.45) is 1.27. The van der Waals surface area contributed by atoms with E-state index in [0.717, 1.165) is 29.3 Å². The Balaban J connectivity index is 1.97. The standard InChI is InChI=1S/C17H18ClNO/c1-11-7-14-8-13(4-6-17(14)20-11)12-3-5-16(18)15(9-12)10-19-2/h3-6,8-9,11,19H,7,10H2,1-2H3. The summed E-state index contributed by atoms with van der Waals surface area (Å²) in [5, 5.41) is 3.95. The summed E-state index contributed by atoms with van der Waals surface area (Å²) >= 11 is 6.22. The summed E-state index contributed by atoms with van der Waals surface area (Å²) in [5.41, 5.74) is 4.83. The Hall–Kier alpha value is -1.51. The Bertz CT molecular complexity index is 630. The van der Waals surface area contributed by atoms with E-state index in [4.69, 9.17) is 16.3 Å². The number of hydrogen-bond donors (Lipinski definition) is 1. The van der Waals surface area contributed by atoms with Crippen LogP contribution in [0.5, 0.6) is 5.75 Å². The van der Waals surface area contributed by atoms with Crippen LogP contribution >= 0.6 is 11.6 Å². The minimum Gasteiger partial charge on any atom is -0.490 e. The second kappa shape index (κ2) is 5.47. The fraction of sp³-hybridized carbons (Fsp3) is 0.294. The predicted molar refractivity (Wildman–Crippen MR) is 83.4 cm³/mol. The first-order valence-corrected chi connectivity index (χ1v) is 7.28. The highest BCUT2D eigenvalue weighted by Crippen LogP contribution is 2.33. The van der Waals surface area contributed by atoms with E-state index in [9.17, 15) is 0 Å². The van der Waals surface area contributed by atoms with Crippen molar-refractivity contribution in [2.75, 3.05) is 7.05 Å². The van der Waals surface area contributed by atoms with Crippen LogP contribution in [0.2, 0.25) is 5.02 Å². The van der Waals surface area contributed by atoms with Crippen molar-refractivity contribution in [3.8, 4) is 16.9 Å². The molecule has 0 saturated heterocycles. The highest BCUT2D eigenvalue weighted by Gasteiger charge is 2.19. The third-order valence-electron chi connectivity index (χ3n) is 3.64. The number of ether oxygens (including phenoxy) is 1. The van der Waals surface area contributed by atoms with Gasteiger partial charge in [-0.3, -0.25) is 0 Å². The minimum absolute atomic E-state index is 0.283. The van der Waals surface area contributed by atoms with Gasteiger partial charge in [-0.05, 0) is 60.5 Å². The smallest absolute Gasteiger partial charge is 0.123 e. The zero-order valence-corrected chi connectivity index (χ0v) is 12.5. The number of fused-ring (bicyclic) bond motifs is 1. The lowest BCUT2D eigenvalue weighted by atomic mass is 9.99. The first kappa shape index (κ1) is 13.5. The summed E-state index contributed by atoms with van der Waals surface area (Å²) < 4.78 is 5.75. The van der Waals surface area contributed by atoms with Crippen molar-refractivity contribution in [3.05, 3.63) is 52.5 Å². The van der Waals surface area contributed by atoms with Crippen LogP contribution in [0.1, 0.15) is 18.1 Å². The van der Waals surface area contributed by atoms with Gasteiger partial charge in [-0.2, -0.15) is 0 Å². The summed E-state index contributed by atoms with van der Waals surface area (Å²) in [6.45, 7) is 2.88. The molecule has 2 nitrogen and oxygen atoms in total. The summed E-state index contributed by atoms with van der Waals surface area (Å²) in [6, 6.07) is 12.6. The molecule has 1 atom stereocenters. The predicted octanol–water partition coefficient (Wildman–Crippen LogP) is 4.05. The Morgan fingerprint density at radius 3 is 2.75 bits per heavy atom. The zero-order valence-electron chi connectivity index (χ0n) is 11.7. The van der Waals surface area contributed by atoms with E-state index in [0.29, 0.717) is 0 Å². The minimum atomic E-state index is 0.283. The van der Waals surface area contributed by atoms with Gasteiger partial charge in [0.05, 0.1) is 0 Å². The molecule has 3 heteroatoms. The van der Waals surface area contributed by atoms with Crippen molar-refractivity contribution in [2.45, 2.75) is 26.0 Å². The lowest BCUT2D eigenvalue weighted by Crippen LogP contribution is -2.05. The molecule has 0 aliphatic carbocycles. The second-order valence-corrected chi connectivity index (χ2v) is 5.70. The lowest BCUT2D eigenvalue weighted by Gasteiger charge is -2.09. The molecule has 1 aliphatic heterocycles. The molecule has 2 aromatic carbocycles. The third kappa shape index (κ3) is 2.54. The van der Waals surface area contributed by atoms with Crippen molar-refractivity contribution in [1.29, 1.82) is 0 Å². The van der Waals surface area contributed by atoms with Gasteiger partial charge in [0.2, 0.25) is 0 Å². The van der Waals surface area contributed by atoms with Crippen molar-refractivity contribution in [3.63, 3.8) is 0 Å². The molecule has 20 heavy (non-hydrogen) atoms. The highest BCUT2D eigenvalue weighted by molar-refractivity contribution is 6.31. The Morgan fingerprint density at radius 2 is 1.95 bits per heavy atom. The SMILES string of the molecule is CNCc1cc(-c2ccc3c(c2)CC(C)O3)ccc1Cl. The van der Waals surface area contributed by atoms with Crippen LogP contribution in [0.25, 0.3) is 11.1 Å². The van der Waals surface area contributed by atoms with Gasteiger partial charge in [0.1, 0.15) is 11.9 Å². The van der Waals surface area contributed by atoms with Gasteiger partial charge in [0.25, 0.3) is 0 Å². The first-order chi connectivity index (χ1) is 9.67. The van der Waals surface area contributed by atoms with E-state index >= 15 is 0 Å². The van der Waals surface area contributed by atoms with Gasteiger partial charge < -0.3 is 10.1 Å². The van der Waals surface area contributed by atoms with Gasteiger partial charge in [-0.25, -0.2) is 0 Å². The maximum Gasteiger partial charge on any atom is 0.123 e. The van der Waals surface area contributed by atoms with Gasteiger partial charge in [0, 0.05) is 18.0 Å². The molecule has 0 bridgehead atoms. The van der Waals surface area contributed by atoms with Crippen LogP contribution in [-0.2, 0) is 13.0 Å². The molecule has 2 aromatic rings. The largest absolute Gasteiger partial charge is 0.490 e. The summed E-state index contributed by atoms with van der Waals surface area (Å²) in [7, 11) is 1.93. The molecule has 1 N–H and O–H groups in total. The Morgan fingerprint density at radius 1 is 1.20 bits per heavy atom. The summed E-state index contributed by atoms with van der Waals surface area (Å²) in [5.74, 6) is 1.02. The number of hydrogen-bond acceptors (Lipinski definition) is 2. The van der Waals surface area contributed by atoms with Crippen molar-refractivity contribution >= 4 is 11.6 Å². The average molecular weight is 288 g/mol. The molecule has 1 unspecified atom stereocenters. The van der Waals surface area contributed by atoms with Crippen LogP contribution < -0.4 is 10.1 Å². The fourth-order valence-corrected chi connectivity index (χ4v) is 2.87. The van der Waals surface area contributed by atoms with Crippen LogP contribution in [0.3, 0.4) is 0 Å². The molecule has 0 amide bonds. The molecule has 0 radical (unpaired) electrons. The lowest BCUT2D eigenvalue weighted by molar-refractivity contribution is 0.254. The first-order valence-electron chi connectivity index (χ1n) is 6.90. The Kier molecular flexibility index (Phi) is 3.68. The molecular formula is C17H18ClNO. The van der Waals surface area contributed by atoms with E-state index in [1.807, 2.05) is 13.1 Å². The molecule has 104 valence electrons. The summed E-state index contributed by atoms with van der Waals surface area (Å²) in [4.78, 5) is 0. The van der Waals surface area contributed by atoms with E-state index in [2.05, 4.69) is 42.6 Å². The molecule has 1 heterocycles. The van der Waals surface area contributed by atoms with Crippen LogP contribution in [0, 0.1) is 0 Å². The number of benzene rings is 2. The molecule has 3 rings (SSSR count). The normalized spacial score (nSPS) is 16.9. The fourth-order valence-electron chi connectivity index (χ4n) is 2.68. The molecule has 1 aliphatic rings. The van der Waals surface area contributed by atoms with Gasteiger partial charge >= 0.3 is 0 Å². The molecular weight excluding hydrogens is 270 g/mol. The van der Waals surface area contributed by atoms with Gasteiger partial charge in [-0.15, -0.1) is 0 Å². The molecule has 0 spiro atoms. The maximum absolute atomic E-state index is 6.22. The van der Waals surface area contributed by atoms with E-state index in [-0.39, 0.29) is 6.10 Å². The monoisotopic (exact) mass is 287 g/mol. The zero-order chi connectivity index (χ0) is 14.1. The quantitative estimate of drug-likeness (QED) is 0.919. The van der Waals surface area contributed by atoms with Crippen molar-refractivity contribution in [2.24, 2.45) is 0 Å². The Labute approximate surface area is 124 Å². The molecule has 0 aromatic heterocycles. The van der Waals surface area contributed by atoms with Crippen LogP contribution in [-0.4, -0.2) is 13.2 Å². The van der Waals surface area contributed by atoms with E-state index in [1.54, 1.807) is 0 Å². The van der Waals surface area contributed by atoms with Gasteiger partial charge in [0.15, 0.2) is 0 Å². The van der Waals surface area contributed by atoms with Crippen LogP contribution in [0.15, 0.2) is 36.4 Å². The number of halogens is 1. The number of rotatable bonds is 3. The average Bonchev–Trinajstić information content (AvgIpc) is 2.80. The molecule has 0 saturated carbocycles. The third-order valence-corrected chi connectivity index (χ3v) is 4.01. The second-order valence-electron chi connectivity index (χ2n) is 5.29. The molecule has 0 fully saturated rings. The van der Waals surface area contributed by atoms with E-state index in [1.165, 1.54) is 16.7 Å². The van der Waals surface area contributed by atoms with Crippen molar-refractivity contribution < 1.29 is 4.74 Å². The highest BCUT2D eigenvalue weighted by atomic mass is 35.5. The maximum atomic E-state index is 6.22. The van der Waals surface area contributed by atoms with Crippen LogP contribution in [0.4, 0.5) is 0 Å².